The molecule has 0 amide bonds. The lowest BCUT2D eigenvalue weighted by atomic mass is 10.0. The van der Waals surface area contributed by atoms with Crippen LogP contribution in [0.25, 0.3) is 0 Å². The SMILES string of the molecule is Fc1ccc(C(Cl)CC2CCCO2)c(F)c1. The summed E-state index contributed by atoms with van der Waals surface area (Å²) in [6.45, 7) is 0.750. The second kappa shape index (κ2) is 5.11. The summed E-state index contributed by atoms with van der Waals surface area (Å²) in [5, 5.41) is -0.455. The molecule has 1 heterocycles. The lowest BCUT2D eigenvalue weighted by Gasteiger charge is -2.15. The van der Waals surface area contributed by atoms with Crippen molar-refractivity contribution in [3.8, 4) is 0 Å². The average Bonchev–Trinajstić information content (AvgIpc) is 2.70. The fourth-order valence-corrected chi connectivity index (χ4v) is 2.32. The van der Waals surface area contributed by atoms with Crippen molar-refractivity contribution in [2.45, 2.75) is 30.7 Å². The zero-order valence-electron chi connectivity index (χ0n) is 8.76. The summed E-state index contributed by atoms with van der Waals surface area (Å²) in [7, 11) is 0. The highest BCUT2D eigenvalue weighted by Crippen LogP contribution is 2.31. The molecule has 1 aliphatic heterocycles. The van der Waals surface area contributed by atoms with Crippen molar-refractivity contribution in [1.29, 1.82) is 0 Å². The Hall–Kier alpha value is -0.670. The van der Waals surface area contributed by atoms with Crippen LogP contribution in [0.15, 0.2) is 18.2 Å². The van der Waals surface area contributed by atoms with Gasteiger partial charge in [0.2, 0.25) is 0 Å². The molecule has 0 aromatic heterocycles. The van der Waals surface area contributed by atoms with E-state index in [1.807, 2.05) is 0 Å². The molecular formula is C12H13ClF2O. The van der Waals surface area contributed by atoms with Crippen LogP contribution in [0, 0.1) is 11.6 Å². The van der Waals surface area contributed by atoms with Gasteiger partial charge < -0.3 is 4.74 Å². The predicted molar refractivity (Wildman–Crippen MR) is 58.5 cm³/mol. The third-order valence-corrected chi connectivity index (χ3v) is 3.21. The van der Waals surface area contributed by atoms with E-state index in [0.717, 1.165) is 25.5 Å². The lowest BCUT2D eigenvalue weighted by molar-refractivity contribution is 0.103. The normalized spacial score (nSPS) is 22.3. The average molecular weight is 247 g/mol. The maximum atomic E-state index is 13.4. The van der Waals surface area contributed by atoms with E-state index in [4.69, 9.17) is 16.3 Å². The Bertz CT molecular complexity index is 364. The van der Waals surface area contributed by atoms with Crippen molar-refractivity contribution in [2.24, 2.45) is 0 Å². The molecule has 1 aromatic carbocycles. The van der Waals surface area contributed by atoms with Gasteiger partial charge in [0.05, 0.1) is 11.5 Å². The quantitative estimate of drug-likeness (QED) is 0.737. The number of benzene rings is 1. The summed E-state index contributed by atoms with van der Waals surface area (Å²) in [4.78, 5) is 0. The summed E-state index contributed by atoms with van der Waals surface area (Å²) in [6, 6.07) is 3.49. The summed E-state index contributed by atoms with van der Waals surface area (Å²) >= 11 is 6.10. The van der Waals surface area contributed by atoms with E-state index in [2.05, 4.69) is 0 Å². The van der Waals surface area contributed by atoms with E-state index in [9.17, 15) is 8.78 Å². The van der Waals surface area contributed by atoms with Gasteiger partial charge >= 0.3 is 0 Å². The fraction of sp³-hybridized carbons (Fsp3) is 0.500. The van der Waals surface area contributed by atoms with Crippen molar-refractivity contribution in [2.75, 3.05) is 6.61 Å². The Kier molecular flexibility index (Phi) is 3.77. The van der Waals surface area contributed by atoms with Crippen LogP contribution in [0.2, 0.25) is 0 Å². The van der Waals surface area contributed by atoms with Gasteiger partial charge in [0, 0.05) is 18.2 Å². The molecule has 0 N–H and O–H groups in total. The van der Waals surface area contributed by atoms with Gasteiger partial charge in [-0.2, -0.15) is 0 Å². The van der Waals surface area contributed by atoms with Crippen LogP contribution in [0.5, 0.6) is 0 Å². The van der Waals surface area contributed by atoms with Crippen molar-refractivity contribution in [3.05, 3.63) is 35.4 Å². The fourth-order valence-electron chi connectivity index (χ4n) is 1.94. The minimum atomic E-state index is -0.585. The second-order valence-corrected chi connectivity index (χ2v) is 4.53. The number of ether oxygens (including phenoxy) is 1. The molecule has 16 heavy (non-hydrogen) atoms. The molecule has 1 aliphatic rings. The molecule has 1 fully saturated rings. The third-order valence-electron chi connectivity index (χ3n) is 2.79. The monoisotopic (exact) mass is 246 g/mol. The van der Waals surface area contributed by atoms with Crippen molar-refractivity contribution < 1.29 is 13.5 Å². The Morgan fingerprint density at radius 3 is 2.88 bits per heavy atom. The van der Waals surface area contributed by atoms with E-state index in [-0.39, 0.29) is 6.10 Å². The van der Waals surface area contributed by atoms with E-state index in [1.165, 1.54) is 12.1 Å². The van der Waals surface area contributed by atoms with E-state index in [1.54, 1.807) is 0 Å². The van der Waals surface area contributed by atoms with Gasteiger partial charge in [0.25, 0.3) is 0 Å². The van der Waals surface area contributed by atoms with E-state index in [0.29, 0.717) is 12.0 Å². The molecule has 2 atom stereocenters. The topological polar surface area (TPSA) is 9.23 Å². The molecule has 88 valence electrons. The van der Waals surface area contributed by atoms with Crippen LogP contribution in [0.1, 0.15) is 30.2 Å². The highest BCUT2D eigenvalue weighted by atomic mass is 35.5. The van der Waals surface area contributed by atoms with Gasteiger partial charge in [0.1, 0.15) is 11.6 Å². The summed E-state index contributed by atoms with van der Waals surface area (Å²) in [5.41, 5.74) is 0.346. The van der Waals surface area contributed by atoms with Crippen LogP contribution in [-0.4, -0.2) is 12.7 Å². The van der Waals surface area contributed by atoms with Gasteiger partial charge in [-0.15, -0.1) is 11.6 Å². The number of hydrogen-bond donors (Lipinski definition) is 0. The standard InChI is InChI=1S/C12H13ClF2O/c13-11(7-9-2-1-5-16-9)10-4-3-8(14)6-12(10)15/h3-4,6,9,11H,1-2,5,7H2. The summed E-state index contributed by atoms with van der Waals surface area (Å²) in [6.07, 6.45) is 2.67. The smallest absolute Gasteiger partial charge is 0.130 e. The van der Waals surface area contributed by atoms with Crippen LogP contribution >= 0.6 is 11.6 Å². The van der Waals surface area contributed by atoms with Gasteiger partial charge in [-0.05, 0) is 25.3 Å². The highest BCUT2D eigenvalue weighted by Gasteiger charge is 2.22. The number of rotatable bonds is 3. The van der Waals surface area contributed by atoms with E-state index < -0.39 is 17.0 Å². The first kappa shape index (κ1) is 11.8. The van der Waals surface area contributed by atoms with Crippen molar-refractivity contribution in [1.82, 2.24) is 0 Å². The highest BCUT2D eigenvalue weighted by molar-refractivity contribution is 6.20. The Balaban J connectivity index is 2.04. The molecule has 0 spiro atoms. The maximum Gasteiger partial charge on any atom is 0.130 e. The molecular weight excluding hydrogens is 234 g/mol. The minimum Gasteiger partial charge on any atom is -0.378 e. The largest absolute Gasteiger partial charge is 0.378 e. The zero-order valence-corrected chi connectivity index (χ0v) is 9.51. The second-order valence-electron chi connectivity index (χ2n) is 4.00. The van der Waals surface area contributed by atoms with Crippen LogP contribution in [-0.2, 0) is 4.74 Å². The first-order chi connectivity index (χ1) is 7.66. The molecule has 4 heteroatoms. The molecule has 1 nitrogen and oxygen atoms in total. The van der Waals surface area contributed by atoms with Crippen LogP contribution in [0.4, 0.5) is 8.78 Å². The molecule has 0 saturated carbocycles. The van der Waals surface area contributed by atoms with Crippen LogP contribution < -0.4 is 0 Å². The summed E-state index contributed by atoms with van der Waals surface area (Å²) < 4.78 is 31.5. The minimum absolute atomic E-state index is 0.104. The lowest BCUT2D eigenvalue weighted by Crippen LogP contribution is -2.09. The maximum absolute atomic E-state index is 13.4. The van der Waals surface area contributed by atoms with Gasteiger partial charge in [-0.1, -0.05) is 6.07 Å². The number of halogens is 3. The Morgan fingerprint density at radius 2 is 2.25 bits per heavy atom. The van der Waals surface area contributed by atoms with Gasteiger partial charge in [-0.25, -0.2) is 8.78 Å². The molecule has 1 saturated heterocycles. The predicted octanol–water partition coefficient (Wildman–Crippen LogP) is 3.81. The molecule has 2 unspecified atom stereocenters. The third kappa shape index (κ3) is 2.71. The van der Waals surface area contributed by atoms with Crippen molar-refractivity contribution in [3.63, 3.8) is 0 Å². The van der Waals surface area contributed by atoms with Gasteiger partial charge in [-0.3, -0.25) is 0 Å². The first-order valence-corrected chi connectivity index (χ1v) is 5.81. The van der Waals surface area contributed by atoms with Gasteiger partial charge in [0.15, 0.2) is 0 Å². The molecule has 1 aromatic rings. The molecule has 2 rings (SSSR count). The van der Waals surface area contributed by atoms with E-state index >= 15 is 0 Å². The van der Waals surface area contributed by atoms with Crippen LogP contribution in [0.3, 0.4) is 0 Å². The number of hydrogen-bond acceptors (Lipinski definition) is 1. The zero-order chi connectivity index (χ0) is 11.5. The molecule has 0 aliphatic carbocycles. The molecule has 0 radical (unpaired) electrons. The molecule has 0 bridgehead atoms. The Labute approximate surface area is 98.4 Å². The number of alkyl halides is 1. The van der Waals surface area contributed by atoms with Crippen molar-refractivity contribution >= 4 is 11.6 Å². The Morgan fingerprint density at radius 1 is 1.44 bits per heavy atom. The first-order valence-electron chi connectivity index (χ1n) is 5.37. The summed E-state index contributed by atoms with van der Waals surface area (Å²) in [5.74, 6) is -1.17.